The molecule has 26 heavy (non-hydrogen) atoms. The van der Waals surface area contributed by atoms with Crippen molar-refractivity contribution in [2.75, 3.05) is 13.1 Å². The van der Waals surface area contributed by atoms with Crippen LogP contribution < -0.4 is 5.32 Å². The molecular weight excluding hydrogens is 332 g/mol. The van der Waals surface area contributed by atoms with Crippen molar-refractivity contribution in [2.45, 2.75) is 64.7 Å². The molecule has 1 aromatic rings. The first-order chi connectivity index (χ1) is 11.9. The third kappa shape index (κ3) is 5.93. The maximum absolute atomic E-state index is 12.5. The molecule has 2 amide bonds. The molecule has 1 saturated heterocycles. The maximum Gasteiger partial charge on any atom is 0.410 e. The second-order valence-electron chi connectivity index (χ2n) is 8.66. The van der Waals surface area contributed by atoms with Crippen LogP contribution in [0.2, 0.25) is 0 Å². The molecule has 6 nitrogen and oxygen atoms in total. The molecule has 0 saturated carbocycles. The van der Waals surface area contributed by atoms with E-state index in [-0.39, 0.29) is 18.1 Å². The molecule has 0 spiro atoms. The van der Waals surface area contributed by atoms with Gasteiger partial charge < -0.3 is 19.7 Å². The Morgan fingerprint density at radius 2 is 1.54 bits per heavy atom. The number of likely N-dealkylation sites (tertiary alicyclic amines) is 1. The Kier molecular flexibility index (Phi) is 5.84. The van der Waals surface area contributed by atoms with Crippen molar-refractivity contribution in [3.8, 4) is 0 Å². The van der Waals surface area contributed by atoms with E-state index in [9.17, 15) is 9.59 Å². The highest BCUT2D eigenvalue weighted by atomic mass is 16.6. The van der Waals surface area contributed by atoms with Crippen molar-refractivity contribution >= 4 is 12.2 Å². The normalized spacial score (nSPS) is 20.6. The van der Waals surface area contributed by atoms with Gasteiger partial charge in [0.2, 0.25) is 0 Å². The zero-order chi connectivity index (χ0) is 19.5. The fraction of sp³-hybridized carbons (Fsp3) is 0.600. The Bertz CT molecular complexity index is 631. The Hall–Kier alpha value is -2.24. The van der Waals surface area contributed by atoms with Gasteiger partial charge in [-0.1, -0.05) is 30.3 Å². The fourth-order valence-corrected chi connectivity index (χ4v) is 2.92. The zero-order valence-electron chi connectivity index (χ0n) is 16.5. The Morgan fingerprint density at radius 1 is 0.962 bits per heavy atom. The van der Waals surface area contributed by atoms with Gasteiger partial charge in [0.25, 0.3) is 0 Å². The van der Waals surface area contributed by atoms with E-state index in [1.54, 1.807) is 4.90 Å². The van der Waals surface area contributed by atoms with E-state index in [2.05, 4.69) is 5.32 Å². The molecule has 0 unspecified atom stereocenters. The highest BCUT2D eigenvalue weighted by Crippen LogP contribution is 2.29. The largest absolute Gasteiger partial charge is 0.444 e. The van der Waals surface area contributed by atoms with Gasteiger partial charge >= 0.3 is 12.2 Å². The van der Waals surface area contributed by atoms with Crippen LogP contribution in [0.4, 0.5) is 9.59 Å². The minimum absolute atomic E-state index is 0.0174. The van der Waals surface area contributed by atoms with Crippen molar-refractivity contribution in [2.24, 2.45) is 0 Å². The molecule has 0 aromatic heterocycles. The number of hydrogen-bond donors (Lipinski definition) is 1. The first-order valence-electron chi connectivity index (χ1n) is 8.97. The number of hydrogen-bond acceptors (Lipinski definition) is 4. The van der Waals surface area contributed by atoms with Crippen LogP contribution in [-0.4, -0.2) is 47.4 Å². The van der Waals surface area contributed by atoms with Crippen molar-refractivity contribution in [1.29, 1.82) is 0 Å². The van der Waals surface area contributed by atoms with E-state index in [0.29, 0.717) is 13.1 Å². The SMILES string of the molecule is CC(C)(C)OC(=O)N[C@H]1CN(C(=O)OC(C)(C)C)C[C@H]1c1ccccc1. The summed E-state index contributed by atoms with van der Waals surface area (Å²) in [6.45, 7) is 11.9. The summed E-state index contributed by atoms with van der Waals surface area (Å²) in [4.78, 5) is 26.3. The number of amides is 2. The average Bonchev–Trinajstić information content (AvgIpc) is 2.88. The third-order valence-electron chi connectivity index (χ3n) is 3.90. The molecular formula is C20H30N2O4. The molecule has 1 fully saturated rings. The van der Waals surface area contributed by atoms with E-state index >= 15 is 0 Å². The standard InChI is InChI=1S/C20H30N2O4/c1-19(2,3)25-17(23)21-16-13-22(18(24)26-20(4,5)6)12-15(16)14-10-8-7-9-11-14/h7-11,15-16H,12-13H2,1-6H3,(H,21,23)/t15-,16-/m0/s1. The topological polar surface area (TPSA) is 67.9 Å². The third-order valence-corrected chi connectivity index (χ3v) is 3.90. The predicted octanol–water partition coefficient (Wildman–Crippen LogP) is 3.91. The fourth-order valence-electron chi connectivity index (χ4n) is 2.92. The van der Waals surface area contributed by atoms with Gasteiger partial charge in [0.05, 0.1) is 6.04 Å². The lowest BCUT2D eigenvalue weighted by Crippen LogP contribution is -2.43. The number of rotatable bonds is 2. The summed E-state index contributed by atoms with van der Waals surface area (Å²) >= 11 is 0. The molecule has 0 radical (unpaired) electrons. The summed E-state index contributed by atoms with van der Waals surface area (Å²) in [5, 5.41) is 2.92. The highest BCUT2D eigenvalue weighted by molar-refractivity contribution is 5.71. The van der Waals surface area contributed by atoms with Crippen LogP contribution in [-0.2, 0) is 9.47 Å². The highest BCUT2D eigenvalue weighted by Gasteiger charge is 2.39. The summed E-state index contributed by atoms with van der Waals surface area (Å²) in [5.41, 5.74) is -0.0641. The van der Waals surface area contributed by atoms with Crippen LogP contribution in [0.1, 0.15) is 53.0 Å². The summed E-state index contributed by atoms with van der Waals surface area (Å²) in [7, 11) is 0. The number of carbonyl (C=O) groups is 2. The molecule has 1 N–H and O–H groups in total. The van der Waals surface area contributed by atoms with Gasteiger partial charge in [-0.05, 0) is 47.1 Å². The Morgan fingerprint density at radius 3 is 2.08 bits per heavy atom. The minimum Gasteiger partial charge on any atom is -0.444 e. The van der Waals surface area contributed by atoms with Crippen LogP contribution >= 0.6 is 0 Å². The molecule has 0 aliphatic carbocycles. The van der Waals surface area contributed by atoms with Gasteiger partial charge in [-0.15, -0.1) is 0 Å². The van der Waals surface area contributed by atoms with Crippen LogP contribution in [0, 0.1) is 0 Å². The Balaban J connectivity index is 2.14. The molecule has 6 heteroatoms. The molecule has 144 valence electrons. The number of ether oxygens (including phenoxy) is 2. The molecule has 2 rings (SSSR count). The molecule has 1 aliphatic rings. The molecule has 2 atom stereocenters. The van der Waals surface area contributed by atoms with Crippen LogP contribution in [0.25, 0.3) is 0 Å². The molecule has 1 aliphatic heterocycles. The first kappa shape index (κ1) is 20.1. The van der Waals surface area contributed by atoms with Gasteiger partial charge in [0.15, 0.2) is 0 Å². The van der Waals surface area contributed by atoms with E-state index in [4.69, 9.17) is 9.47 Å². The predicted molar refractivity (Wildman–Crippen MR) is 100 cm³/mol. The minimum atomic E-state index is -0.574. The summed E-state index contributed by atoms with van der Waals surface area (Å²) in [6.07, 6.45) is -0.846. The van der Waals surface area contributed by atoms with Crippen molar-refractivity contribution < 1.29 is 19.1 Å². The van der Waals surface area contributed by atoms with E-state index in [0.717, 1.165) is 5.56 Å². The number of carbonyl (C=O) groups excluding carboxylic acids is 2. The average molecular weight is 362 g/mol. The van der Waals surface area contributed by atoms with Crippen molar-refractivity contribution in [1.82, 2.24) is 10.2 Å². The second-order valence-corrected chi connectivity index (χ2v) is 8.66. The van der Waals surface area contributed by atoms with Crippen molar-refractivity contribution in [3.05, 3.63) is 35.9 Å². The lowest BCUT2D eigenvalue weighted by atomic mass is 9.94. The first-order valence-corrected chi connectivity index (χ1v) is 8.97. The van der Waals surface area contributed by atoms with Gasteiger partial charge in [0, 0.05) is 19.0 Å². The molecule has 1 aromatic carbocycles. The number of alkyl carbamates (subject to hydrolysis) is 1. The van der Waals surface area contributed by atoms with Crippen LogP contribution in [0.3, 0.4) is 0 Å². The molecule has 1 heterocycles. The number of benzene rings is 1. The maximum atomic E-state index is 12.5. The number of nitrogens with one attached hydrogen (secondary N) is 1. The Labute approximate surface area is 155 Å². The zero-order valence-corrected chi connectivity index (χ0v) is 16.5. The van der Waals surface area contributed by atoms with Crippen LogP contribution in [0.15, 0.2) is 30.3 Å². The summed E-state index contributed by atoms with van der Waals surface area (Å²) in [6, 6.07) is 9.63. The quantitative estimate of drug-likeness (QED) is 0.866. The van der Waals surface area contributed by atoms with Gasteiger partial charge in [-0.3, -0.25) is 0 Å². The monoisotopic (exact) mass is 362 g/mol. The number of nitrogens with zero attached hydrogens (tertiary/aromatic N) is 1. The second kappa shape index (κ2) is 7.56. The molecule has 0 bridgehead atoms. The summed E-state index contributed by atoms with van der Waals surface area (Å²) < 4.78 is 10.9. The van der Waals surface area contributed by atoms with Gasteiger partial charge in [-0.25, -0.2) is 9.59 Å². The lowest BCUT2D eigenvalue weighted by Gasteiger charge is -2.25. The van der Waals surface area contributed by atoms with Crippen LogP contribution in [0.5, 0.6) is 0 Å². The van der Waals surface area contributed by atoms with Gasteiger partial charge in [0.1, 0.15) is 11.2 Å². The smallest absolute Gasteiger partial charge is 0.410 e. The summed E-state index contributed by atoms with van der Waals surface area (Å²) in [5.74, 6) is -0.0174. The van der Waals surface area contributed by atoms with Crippen molar-refractivity contribution in [3.63, 3.8) is 0 Å². The van der Waals surface area contributed by atoms with Gasteiger partial charge in [-0.2, -0.15) is 0 Å². The van der Waals surface area contributed by atoms with E-state index in [1.807, 2.05) is 71.9 Å². The van der Waals surface area contributed by atoms with E-state index < -0.39 is 17.3 Å². The lowest BCUT2D eigenvalue weighted by molar-refractivity contribution is 0.0281. The van der Waals surface area contributed by atoms with E-state index in [1.165, 1.54) is 0 Å².